The van der Waals surface area contributed by atoms with Gasteiger partial charge in [-0.3, -0.25) is 0 Å². The van der Waals surface area contributed by atoms with Gasteiger partial charge in [0.2, 0.25) is 0 Å². The quantitative estimate of drug-likeness (QED) is 0.272. The van der Waals surface area contributed by atoms with Crippen LogP contribution >= 0.6 is 38.5 Å². The zero-order valence-electron chi connectivity index (χ0n) is 12.7. The van der Waals surface area contributed by atoms with E-state index in [0.717, 1.165) is 18.3 Å². The number of esters is 2. The van der Waals surface area contributed by atoms with E-state index in [-0.39, 0.29) is 5.69 Å². The van der Waals surface area contributed by atoms with Crippen LogP contribution in [0, 0.1) is 3.57 Å². The van der Waals surface area contributed by atoms with E-state index < -0.39 is 35.4 Å². The molecule has 0 aliphatic carbocycles. The largest absolute Gasteiger partial charge is 0.573 e. The van der Waals surface area contributed by atoms with Crippen molar-refractivity contribution in [1.82, 2.24) is 0 Å². The first-order valence-corrected chi connectivity index (χ1v) is 8.43. The van der Waals surface area contributed by atoms with E-state index in [9.17, 15) is 22.8 Å². The lowest BCUT2D eigenvalue weighted by Gasteiger charge is -2.29. The van der Waals surface area contributed by atoms with Crippen molar-refractivity contribution in [2.24, 2.45) is 0 Å². The zero-order valence-corrected chi connectivity index (χ0v) is 16.4. The first-order chi connectivity index (χ1) is 11.4. The number of rotatable bonds is 3. The molecule has 1 aromatic rings. The SMILES string of the molecule is CC1(C)OC(=O)C(=CNc2cc(OC(F)(F)F)cc(Br)c2I)C(=O)O1. The second-order valence-corrected chi connectivity index (χ2v) is 7.13. The van der Waals surface area contributed by atoms with Crippen LogP contribution in [0.1, 0.15) is 13.8 Å². The first kappa shape index (κ1) is 19.8. The van der Waals surface area contributed by atoms with Gasteiger partial charge in [0, 0.05) is 30.6 Å². The summed E-state index contributed by atoms with van der Waals surface area (Å²) in [7, 11) is 0. The monoisotopic (exact) mass is 535 g/mol. The highest BCUT2D eigenvalue weighted by Gasteiger charge is 2.39. The zero-order chi connectivity index (χ0) is 19.0. The van der Waals surface area contributed by atoms with Gasteiger partial charge in [0.1, 0.15) is 5.75 Å². The molecule has 1 fully saturated rings. The topological polar surface area (TPSA) is 73.9 Å². The first-order valence-electron chi connectivity index (χ1n) is 6.56. The van der Waals surface area contributed by atoms with Gasteiger partial charge in [-0.25, -0.2) is 9.59 Å². The summed E-state index contributed by atoms with van der Waals surface area (Å²) in [6.45, 7) is 2.79. The maximum Gasteiger partial charge on any atom is 0.573 e. The molecule has 11 heteroatoms. The second-order valence-electron chi connectivity index (χ2n) is 5.20. The van der Waals surface area contributed by atoms with Crippen molar-refractivity contribution < 1.29 is 37.0 Å². The minimum atomic E-state index is -4.86. The van der Waals surface area contributed by atoms with Crippen LogP contribution in [-0.4, -0.2) is 24.1 Å². The summed E-state index contributed by atoms with van der Waals surface area (Å²) in [5.74, 6) is -3.68. The highest BCUT2D eigenvalue weighted by Crippen LogP contribution is 2.34. The van der Waals surface area contributed by atoms with E-state index in [0.29, 0.717) is 8.04 Å². The van der Waals surface area contributed by atoms with Gasteiger partial charge < -0.3 is 19.5 Å². The molecule has 0 bridgehead atoms. The molecule has 2 rings (SSSR count). The normalized spacial score (nSPS) is 16.8. The Hall–Kier alpha value is -1.50. The van der Waals surface area contributed by atoms with Crippen LogP contribution in [0.25, 0.3) is 0 Å². The predicted molar refractivity (Wildman–Crippen MR) is 91.5 cm³/mol. The van der Waals surface area contributed by atoms with Gasteiger partial charge in [-0.05, 0) is 44.6 Å². The number of nitrogens with one attached hydrogen (secondary N) is 1. The third kappa shape index (κ3) is 5.23. The maximum absolute atomic E-state index is 12.4. The van der Waals surface area contributed by atoms with Crippen molar-refractivity contribution in [3.05, 3.63) is 31.9 Å². The lowest BCUT2D eigenvalue weighted by atomic mass is 10.2. The van der Waals surface area contributed by atoms with Crippen molar-refractivity contribution >= 4 is 56.1 Å². The van der Waals surface area contributed by atoms with Crippen LogP contribution < -0.4 is 10.1 Å². The molecule has 0 atom stereocenters. The number of hydrogen-bond acceptors (Lipinski definition) is 6. The van der Waals surface area contributed by atoms with Crippen molar-refractivity contribution in [2.75, 3.05) is 5.32 Å². The number of benzene rings is 1. The number of anilines is 1. The molecule has 1 saturated heterocycles. The molecule has 0 radical (unpaired) electrons. The molecule has 0 aromatic heterocycles. The van der Waals surface area contributed by atoms with Crippen molar-refractivity contribution in [3.63, 3.8) is 0 Å². The molecule has 25 heavy (non-hydrogen) atoms. The highest BCUT2D eigenvalue weighted by molar-refractivity contribution is 14.1. The van der Waals surface area contributed by atoms with Crippen molar-refractivity contribution in [3.8, 4) is 5.75 Å². The Labute approximate surface area is 161 Å². The van der Waals surface area contributed by atoms with Gasteiger partial charge in [-0.2, -0.15) is 0 Å². The molecule has 0 amide bonds. The van der Waals surface area contributed by atoms with Crippen molar-refractivity contribution in [2.45, 2.75) is 26.0 Å². The van der Waals surface area contributed by atoms with E-state index >= 15 is 0 Å². The Kier molecular flexibility index (Phi) is 5.56. The average molecular weight is 536 g/mol. The van der Waals surface area contributed by atoms with E-state index in [1.807, 2.05) is 22.6 Å². The highest BCUT2D eigenvalue weighted by atomic mass is 127. The number of cyclic esters (lactones) is 2. The number of ether oxygens (including phenoxy) is 3. The van der Waals surface area contributed by atoms with Crippen LogP contribution in [0.5, 0.6) is 5.75 Å². The summed E-state index contributed by atoms with van der Waals surface area (Å²) in [6.07, 6.45) is -3.86. The lowest BCUT2D eigenvalue weighted by Crippen LogP contribution is -2.42. The second kappa shape index (κ2) is 7.02. The molecule has 0 saturated carbocycles. The molecule has 1 aromatic carbocycles. The Morgan fingerprint density at radius 1 is 1.24 bits per heavy atom. The summed E-state index contributed by atoms with van der Waals surface area (Å²) in [5, 5.41) is 2.59. The third-order valence-corrected chi connectivity index (χ3v) is 5.25. The Morgan fingerprint density at radius 3 is 2.32 bits per heavy atom. The van der Waals surface area contributed by atoms with E-state index in [1.54, 1.807) is 0 Å². The fourth-order valence-corrected chi connectivity index (χ4v) is 2.70. The van der Waals surface area contributed by atoms with Gasteiger partial charge in [0.25, 0.3) is 5.79 Å². The molecule has 136 valence electrons. The fourth-order valence-electron chi connectivity index (χ4n) is 1.79. The minimum Gasteiger partial charge on any atom is -0.419 e. The number of halogens is 5. The summed E-state index contributed by atoms with van der Waals surface area (Å²) in [4.78, 5) is 23.7. The number of alkyl halides is 3. The van der Waals surface area contributed by atoms with E-state index in [1.165, 1.54) is 13.8 Å². The Balaban J connectivity index is 2.28. The predicted octanol–water partition coefficient (Wildman–Crippen LogP) is 4.08. The van der Waals surface area contributed by atoms with Crippen LogP contribution in [-0.2, 0) is 19.1 Å². The van der Waals surface area contributed by atoms with Gasteiger partial charge in [0.05, 0.1) is 9.26 Å². The molecule has 1 heterocycles. The summed E-state index contributed by atoms with van der Waals surface area (Å²) in [5.41, 5.74) is -0.249. The van der Waals surface area contributed by atoms with Gasteiger partial charge in [0.15, 0.2) is 5.57 Å². The summed E-state index contributed by atoms with van der Waals surface area (Å²) >= 11 is 4.97. The molecule has 1 aliphatic rings. The molecule has 6 nitrogen and oxygen atoms in total. The van der Waals surface area contributed by atoms with Gasteiger partial charge >= 0.3 is 18.3 Å². The van der Waals surface area contributed by atoms with E-state index in [4.69, 9.17) is 9.47 Å². The minimum absolute atomic E-state index is 0.173. The molecule has 1 aliphatic heterocycles. The molecule has 0 spiro atoms. The number of carbonyl (C=O) groups excluding carboxylic acids is 2. The van der Waals surface area contributed by atoms with Gasteiger partial charge in [-0.15, -0.1) is 13.2 Å². The molecule has 1 N–H and O–H groups in total. The molecular weight excluding hydrogens is 526 g/mol. The molecular formula is C14H10BrF3INO5. The Morgan fingerprint density at radius 2 is 1.80 bits per heavy atom. The number of carbonyl (C=O) groups is 2. The van der Waals surface area contributed by atoms with Crippen LogP contribution in [0.15, 0.2) is 28.4 Å². The van der Waals surface area contributed by atoms with E-state index in [2.05, 4.69) is 26.0 Å². The Bertz CT molecular complexity index is 742. The lowest BCUT2D eigenvalue weighted by molar-refractivity contribution is -0.274. The van der Waals surface area contributed by atoms with Crippen molar-refractivity contribution in [1.29, 1.82) is 0 Å². The molecule has 0 unspecified atom stereocenters. The third-order valence-electron chi connectivity index (χ3n) is 2.72. The number of hydrogen-bond donors (Lipinski definition) is 1. The fraction of sp³-hybridized carbons (Fsp3) is 0.286. The van der Waals surface area contributed by atoms with Crippen LogP contribution in [0.2, 0.25) is 0 Å². The summed E-state index contributed by atoms with van der Waals surface area (Å²) < 4.78 is 51.6. The van der Waals surface area contributed by atoms with Crippen LogP contribution in [0.4, 0.5) is 18.9 Å². The van der Waals surface area contributed by atoms with Gasteiger partial charge in [-0.1, -0.05) is 0 Å². The standard InChI is InChI=1S/C14H10BrF3INO5/c1-13(2)24-11(21)7(12(22)25-13)5-20-9-4-6(23-14(16,17)18)3-8(15)10(9)19/h3-5,20H,1-2H3. The average Bonchev–Trinajstić information content (AvgIpc) is 2.39. The summed E-state index contributed by atoms with van der Waals surface area (Å²) in [6, 6.07) is 2.21. The smallest absolute Gasteiger partial charge is 0.419 e. The van der Waals surface area contributed by atoms with Crippen LogP contribution in [0.3, 0.4) is 0 Å². The maximum atomic E-state index is 12.4.